The smallest absolute Gasteiger partial charge is 0.0942 e. The van der Waals surface area contributed by atoms with Gasteiger partial charge in [0.1, 0.15) is 0 Å². The van der Waals surface area contributed by atoms with Crippen molar-refractivity contribution in [2.24, 2.45) is 0 Å². The second kappa shape index (κ2) is 7.31. The summed E-state index contributed by atoms with van der Waals surface area (Å²) in [5.74, 6) is 0. The third kappa shape index (κ3) is 3.98. The highest BCUT2D eigenvalue weighted by atomic mass is 127. The molecule has 0 spiro atoms. The summed E-state index contributed by atoms with van der Waals surface area (Å²) in [6.07, 6.45) is 0.874. The zero-order valence-electron chi connectivity index (χ0n) is 9.76. The first-order valence-corrected chi connectivity index (χ1v) is 9.44. The van der Waals surface area contributed by atoms with Crippen molar-refractivity contribution in [2.75, 3.05) is 19.8 Å². The lowest BCUT2D eigenvalue weighted by molar-refractivity contribution is -0.0520. The van der Waals surface area contributed by atoms with Crippen LogP contribution in [0.5, 0.6) is 0 Å². The Bertz CT molecular complexity index is 379. The molecule has 1 aromatic carbocycles. The van der Waals surface area contributed by atoms with Crippen LogP contribution in [0.4, 0.5) is 0 Å². The highest BCUT2D eigenvalue weighted by Gasteiger charge is 2.28. The fraction of sp³-hybridized carbons (Fsp3) is 0.500. The van der Waals surface area contributed by atoms with E-state index in [0.29, 0.717) is 12.6 Å². The van der Waals surface area contributed by atoms with E-state index in [9.17, 15) is 0 Å². The predicted molar refractivity (Wildman–Crippen MR) is 84.1 cm³/mol. The zero-order valence-corrected chi connectivity index (χ0v) is 13.5. The van der Waals surface area contributed by atoms with Gasteiger partial charge in [0.05, 0.1) is 19.3 Å². The maximum Gasteiger partial charge on any atom is 0.0942 e. The van der Waals surface area contributed by atoms with Crippen LogP contribution in [-0.2, 0) is 11.2 Å². The molecule has 0 aliphatic carbocycles. The Kier molecular flexibility index (Phi) is 6.03. The zero-order chi connectivity index (χ0) is 13.0. The Balaban J connectivity index is 1.97. The number of halogens is 2. The SMILES string of the molecule is OCC1CN(SI)C(Cc2ccc(Cl)cc2)CO1. The summed E-state index contributed by atoms with van der Waals surface area (Å²) >= 11 is 8.16. The van der Waals surface area contributed by atoms with Crippen LogP contribution in [-0.4, -0.2) is 41.3 Å². The first kappa shape index (κ1) is 14.9. The van der Waals surface area contributed by atoms with Gasteiger partial charge in [0.2, 0.25) is 0 Å². The highest BCUT2D eigenvalue weighted by molar-refractivity contribution is 14.2. The van der Waals surface area contributed by atoms with Crippen molar-refractivity contribution in [1.29, 1.82) is 0 Å². The summed E-state index contributed by atoms with van der Waals surface area (Å²) in [4.78, 5) is 0. The monoisotopic (exact) mass is 399 g/mol. The van der Waals surface area contributed by atoms with Crippen LogP contribution in [0.2, 0.25) is 5.02 Å². The summed E-state index contributed by atoms with van der Waals surface area (Å²) in [6.45, 7) is 1.51. The van der Waals surface area contributed by atoms with Gasteiger partial charge in [-0.25, -0.2) is 4.31 Å². The van der Waals surface area contributed by atoms with E-state index in [0.717, 1.165) is 18.0 Å². The number of nitrogens with zero attached hydrogens (tertiary/aromatic N) is 1. The molecule has 0 bridgehead atoms. The van der Waals surface area contributed by atoms with Crippen LogP contribution in [0.1, 0.15) is 5.56 Å². The minimum atomic E-state index is -0.0614. The highest BCUT2D eigenvalue weighted by Crippen LogP contribution is 2.28. The van der Waals surface area contributed by atoms with Gasteiger partial charge in [-0.05, 0) is 33.2 Å². The molecule has 2 rings (SSSR count). The molecule has 1 aliphatic rings. The van der Waals surface area contributed by atoms with Crippen molar-refractivity contribution >= 4 is 41.9 Å². The molecule has 18 heavy (non-hydrogen) atoms. The fourth-order valence-electron chi connectivity index (χ4n) is 1.98. The average Bonchev–Trinajstić information content (AvgIpc) is 2.41. The van der Waals surface area contributed by atoms with Gasteiger partial charge >= 0.3 is 0 Å². The van der Waals surface area contributed by atoms with Gasteiger partial charge in [0, 0.05) is 38.8 Å². The Hall–Kier alpha value is 0.470. The number of aliphatic hydroxyl groups excluding tert-OH is 1. The third-order valence-electron chi connectivity index (χ3n) is 2.99. The van der Waals surface area contributed by atoms with Crippen molar-refractivity contribution in [3.8, 4) is 0 Å². The molecular formula is C12H15ClINO2S. The van der Waals surface area contributed by atoms with E-state index < -0.39 is 0 Å². The summed E-state index contributed by atoms with van der Waals surface area (Å²) in [6, 6.07) is 8.28. The van der Waals surface area contributed by atoms with E-state index in [1.807, 2.05) is 12.1 Å². The number of aliphatic hydroxyl groups is 1. The quantitative estimate of drug-likeness (QED) is 0.623. The van der Waals surface area contributed by atoms with Crippen LogP contribution in [0.3, 0.4) is 0 Å². The summed E-state index contributed by atoms with van der Waals surface area (Å²) < 4.78 is 7.91. The fourth-order valence-corrected chi connectivity index (χ4v) is 4.03. The predicted octanol–water partition coefficient (Wildman–Crippen LogP) is 2.94. The van der Waals surface area contributed by atoms with Crippen LogP contribution < -0.4 is 0 Å². The molecule has 2 unspecified atom stereocenters. The number of hydrogen-bond donors (Lipinski definition) is 1. The molecule has 3 nitrogen and oxygen atoms in total. The maximum absolute atomic E-state index is 9.13. The second-order valence-corrected chi connectivity index (χ2v) is 6.52. The van der Waals surface area contributed by atoms with E-state index >= 15 is 0 Å². The van der Waals surface area contributed by atoms with E-state index in [-0.39, 0.29) is 12.7 Å². The Labute approximate surface area is 129 Å². The average molecular weight is 400 g/mol. The van der Waals surface area contributed by atoms with Crippen LogP contribution in [0.25, 0.3) is 0 Å². The van der Waals surface area contributed by atoms with E-state index in [1.165, 1.54) is 5.56 Å². The van der Waals surface area contributed by atoms with Crippen molar-refractivity contribution < 1.29 is 9.84 Å². The van der Waals surface area contributed by atoms with Gasteiger partial charge in [-0.3, -0.25) is 0 Å². The number of hydrogen-bond acceptors (Lipinski definition) is 4. The minimum absolute atomic E-state index is 0.0614. The van der Waals surface area contributed by atoms with Gasteiger partial charge in [0.15, 0.2) is 0 Å². The first-order chi connectivity index (χ1) is 8.72. The lowest BCUT2D eigenvalue weighted by Crippen LogP contribution is -2.47. The Morgan fingerprint density at radius 1 is 1.44 bits per heavy atom. The molecule has 100 valence electrons. The molecule has 0 aromatic heterocycles. The molecule has 6 heteroatoms. The molecule has 1 saturated heterocycles. The molecule has 0 amide bonds. The minimum Gasteiger partial charge on any atom is -0.394 e. The molecular weight excluding hydrogens is 385 g/mol. The standard InChI is InChI=1S/C12H15ClINO2S/c13-10-3-1-9(2-4-10)5-11-8-17-12(7-16)6-15(11)18-14/h1-4,11-12,16H,5-8H2. The van der Waals surface area contributed by atoms with Crippen LogP contribution >= 0.6 is 41.9 Å². The molecule has 1 aromatic rings. The number of morpholine rings is 1. The lowest BCUT2D eigenvalue weighted by atomic mass is 10.1. The van der Waals surface area contributed by atoms with Crippen LogP contribution in [0, 0.1) is 0 Å². The lowest BCUT2D eigenvalue weighted by Gasteiger charge is -2.36. The maximum atomic E-state index is 9.13. The third-order valence-corrected chi connectivity index (χ3v) is 5.39. The van der Waals surface area contributed by atoms with Crippen molar-refractivity contribution in [3.05, 3.63) is 34.9 Å². The van der Waals surface area contributed by atoms with Gasteiger partial charge < -0.3 is 9.84 Å². The number of rotatable bonds is 4. The van der Waals surface area contributed by atoms with E-state index in [2.05, 4.69) is 37.6 Å². The first-order valence-electron chi connectivity index (χ1n) is 5.75. The summed E-state index contributed by atoms with van der Waals surface area (Å²) in [5.41, 5.74) is 1.26. The van der Waals surface area contributed by atoms with Crippen molar-refractivity contribution in [1.82, 2.24) is 4.31 Å². The van der Waals surface area contributed by atoms with Gasteiger partial charge in [-0.1, -0.05) is 23.7 Å². The molecule has 0 saturated carbocycles. The second-order valence-electron chi connectivity index (χ2n) is 4.29. The largest absolute Gasteiger partial charge is 0.394 e. The van der Waals surface area contributed by atoms with Crippen molar-refractivity contribution in [2.45, 2.75) is 18.6 Å². The summed E-state index contributed by atoms with van der Waals surface area (Å²) in [7, 11) is 1.68. The molecule has 0 radical (unpaired) electrons. The number of ether oxygens (including phenoxy) is 1. The Morgan fingerprint density at radius 3 is 2.78 bits per heavy atom. The topological polar surface area (TPSA) is 32.7 Å². The van der Waals surface area contributed by atoms with Gasteiger partial charge in [-0.15, -0.1) is 0 Å². The van der Waals surface area contributed by atoms with Crippen molar-refractivity contribution in [3.63, 3.8) is 0 Å². The molecule has 1 fully saturated rings. The van der Waals surface area contributed by atoms with Gasteiger partial charge in [-0.2, -0.15) is 0 Å². The summed E-state index contributed by atoms with van der Waals surface area (Å²) in [5, 5.41) is 9.90. The molecule has 1 aliphatic heterocycles. The molecule has 2 atom stereocenters. The van der Waals surface area contributed by atoms with E-state index in [4.69, 9.17) is 21.4 Å². The van der Waals surface area contributed by atoms with Crippen LogP contribution in [0.15, 0.2) is 24.3 Å². The Morgan fingerprint density at radius 2 is 2.17 bits per heavy atom. The van der Waals surface area contributed by atoms with Gasteiger partial charge in [0.25, 0.3) is 0 Å². The molecule has 1 N–H and O–H groups in total. The normalized spacial score (nSPS) is 25.3. The number of benzene rings is 1. The molecule has 1 heterocycles. The van der Waals surface area contributed by atoms with E-state index in [1.54, 1.807) is 9.12 Å².